The van der Waals surface area contributed by atoms with E-state index >= 15 is 0 Å². The van der Waals surface area contributed by atoms with Crippen LogP contribution in [0, 0.1) is 6.92 Å². The highest BCUT2D eigenvalue weighted by molar-refractivity contribution is 9.10. The van der Waals surface area contributed by atoms with Crippen molar-refractivity contribution in [1.29, 1.82) is 0 Å². The lowest BCUT2D eigenvalue weighted by atomic mass is 10.2. The summed E-state index contributed by atoms with van der Waals surface area (Å²) in [5.74, 6) is 0.127. The molecule has 0 spiro atoms. The molecule has 0 saturated carbocycles. The van der Waals surface area contributed by atoms with E-state index in [1.54, 1.807) is 0 Å². The fourth-order valence-corrected chi connectivity index (χ4v) is 2.75. The smallest absolute Gasteiger partial charge is 0.175 e. The van der Waals surface area contributed by atoms with Gasteiger partial charge in [0.15, 0.2) is 5.78 Å². The van der Waals surface area contributed by atoms with Crippen LogP contribution in [0.1, 0.15) is 21.0 Å². The first-order valence-corrected chi connectivity index (χ1v) is 5.25. The Kier molecular flexibility index (Phi) is 3.43. The summed E-state index contributed by atoms with van der Waals surface area (Å²) in [5, 5.41) is 0. The van der Waals surface area contributed by atoms with Gasteiger partial charge >= 0.3 is 0 Å². The Balaban J connectivity index is 2.87. The number of thiophene rings is 1. The molecule has 1 aromatic rings. The number of aryl methyl sites for hydroxylation is 1. The Bertz CT molecular complexity index is 295. The predicted molar refractivity (Wildman–Crippen MR) is 54.8 cm³/mol. The summed E-state index contributed by atoms with van der Waals surface area (Å²) in [4.78, 5) is 13.3. The molecular formula is C8H10BrNOS. The third-order valence-corrected chi connectivity index (χ3v) is 3.41. The maximum Gasteiger partial charge on any atom is 0.175 e. The fourth-order valence-electron chi connectivity index (χ4n) is 0.918. The zero-order valence-corrected chi connectivity index (χ0v) is 9.17. The van der Waals surface area contributed by atoms with Crippen LogP contribution in [-0.2, 0) is 0 Å². The molecule has 4 heteroatoms. The zero-order valence-electron chi connectivity index (χ0n) is 6.76. The average Bonchev–Trinajstić information content (AvgIpc) is 2.30. The summed E-state index contributed by atoms with van der Waals surface area (Å²) in [6, 6.07) is 1.95. The largest absolute Gasteiger partial charge is 0.330 e. The van der Waals surface area contributed by atoms with Crippen molar-refractivity contribution in [1.82, 2.24) is 0 Å². The Morgan fingerprint density at radius 3 is 2.83 bits per heavy atom. The Morgan fingerprint density at radius 2 is 2.42 bits per heavy atom. The van der Waals surface area contributed by atoms with Crippen LogP contribution in [0.3, 0.4) is 0 Å². The van der Waals surface area contributed by atoms with Gasteiger partial charge in [0, 0.05) is 15.8 Å². The fraction of sp³-hybridized carbons (Fsp3) is 0.375. The van der Waals surface area contributed by atoms with E-state index in [1.807, 2.05) is 13.0 Å². The Morgan fingerprint density at radius 1 is 1.75 bits per heavy atom. The van der Waals surface area contributed by atoms with Gasteiger partial charge in [0.2, 0.25) is 0 Å². The monoisotopic (exact) mass is 247 g/mol. The van der Waals surface area contributed by atoms with E-state index in [4.69, 9.17) is 5.73 Å². The number of ketones is 1. The number of rotatable bonds is 3. The van der Waals surface area contributed by atoms with Crippen molar-refractivity contribution in [2.75, 3.05) is 6.54 Å². The molecule has 0 amide bonds. The first-order valence-electron chi connectivity index (χ1n) is 3.64. The number of halogens is 1. The maximum atomic E-state index is 11.4. The van der Waals surface area contributed by atoms with Gasteiger partial charge in [0.05, 0.1) is 4.88 Å². The van der Waals surface area contributed by atoms with Crippen molar-refractivity contribution in [3.8, 4) is 0 Å². The summed E-state index contributed by atoms with van der Waals surface area (Å²) in [5.41, 5.74) is 5.29. The van der Waals surface area contributed by atoms with E-state index in [0.717, 1.165) is 14.2 Å². The minimum absolute atomic E-state index is 0.127. The first-order chi connectivity index (χ1) is 5.65. The maximum absolute atomic E-state index is 11.4. The highest BCUT2D eigenvalue weighted by Gasteiger charge is 2.11. The molecule has 1 aromatic heterocycles. The van der Waals surface area contributed by atoms with Gasteiger partial charge in [-0.25, -0.2) is 0 Å². The van der Waals surface area contributed by atoms with E-state index in [2.05, 4.69) is 15.9 Å². The summed E-state index contributed by atoms with van der Waals surface area (Å²) >= 11 is 4.85. The molecule has 0 unspecified atom stereocenters. The lowest BCUT2D eigenvalue weighted by molar-refractivity contribution is 0.0988. The van der Waals surface area contributed by atoms with Gasteiger partial charge in [-0.2, -0.15) is 0 Å². The van der Waals surface area contributed by atoms with E-state index in [-0.39, 0.29) is 5.78 Å². The van der Waals surface area contributed by atoms with E-state index in [0.29, 0.717) is 13.0 Å². The molecule has 1 heterocycles. The first kappa shape index (κ1) is 9.89. The molecule has 0 saturated heterocycles. The van der Waals surface area contributed by atoms with Crippen molar-refractivity contribution in [3.63, 3.8) is 0 Å². The highest BCUT2D eigenvalue weighted by atomic mass is 79.9. The lowest BCUT2D eigenvalue weighted by Gasteiger charge is -1.94. The summed E-state index contributed by atoms with van der Waals surface area (Å²) < 4.78 is 0.892. The van der Waals surface area contributed by atoms with Gasteiger partial charge in [0.1, 0.15) is 0 Å². The van der Waals surface area contributed by atoms with Gasteiger partial charge in [-0.3, -0.25) is 4.79 Å². The molecule has 0 radical (unpaired) electrons. The van der Waals surface area contributed by atoms with E-state index in [9.17, 15) is 4.79 Å². The van der Waals surface area contributed by atoms with Crippen molar-refractivity contribution in [2.24, 2.45) is 5.73 Å². The number of carbonyl (C=O) groups excluding carboxylic acids is 1. The van der Waals surface area contributed by atoms with Crippen LogP contribution in [0.4, 0.5) is 0 Å². The van der Waals surface area contributed by atoms with Crippen LogP contribution in [0.2, 0.25) is 0 Å². The van der Waals surface area contributed by atoms with E-state index < -0.39 is 0 Å². The highest BCUT2D eigenvalue weighted by Crippen LogP contribution is 2.27. The molecule has 1 rings (SSSR count). The van der Waals surface area contributed by atoms with Crippen LogP contribution in [0.5, 0.6) is 0 Å². The molecule has 0 aliphatic heterocycles. The predicted octanol–water partition coefficient (Wildman–Crippen LogP) is 2.35. The molecule has 66 valence electrons. The normalized spacial score (nSPS) is 10.2. The van der Waals surface area contributed by atoms with Gasteiger partial charge in [-0.05, 0) is 35.5 Å². The average molecular weight is 248 g/mol. The molecule has 0 aromatic carbocycles. The van der Waals surface area contributed by atoms with E-state index in [1.165, 1.54) is 11.3 Å². The van der Waals surface area contributed by atoms with Gasteiger partial charge < -0.3 is 5.73 Å². The second-order valence-corrected chi connectivity index (χ2v) is 4.61. The molecular weight excluding hydrogens is 238 g/mol. The third kappa shape index (κ3) is 2.15. The summed E-state index contributed by atoms with van der Waals surface area (Å²) in [7, 11) is 0. The minimum Gasteiger partial charge on any atom is -0.330 e. The molecule has 0 fully saturated rings. The molecule has 0 bridgehead atoms. The van der Waals surface area contributed by atoms with Gasteiger partial charge in [-0.15, -0.1) is 11.3 Å². The standard InChI is InChI=1S/C8H10BrNOS/c1-5-4-6(9)8(12-5)7(11)2-3-10/h4H,2-3,10H2,1H3. The number of hydrogen-bond acceptors (Lipinski definition) is 3. The number of Topliss-reactive ketones (excluding diaryl/α,β-unsaturated/α-hetero) is 1. The minimum atomic E-state index is 0.127. The molecule has 0 aliphatic carbocycles. The topological polar surface area (TPSA) is 43.1 Å². The summed E-state index contributed by atoms with van der Waals surface area (Å²) in [6.07, 6.45) is 0.429. The van der Waals surface area contributed by atoms with Crippen LogP contribution in [0.15, 0.2) is 10.5 Å². The van der Waals surface area contributed by atoms with Crippen molar-refractivity contribution in [2.45, 2.75) is 13.3 Å². The molecule has 0 atom stereocenters. The lowest BCUT2D eigenvalue weighted by Crippen LogP contribution is -2.06. The van der Waals surface area contributed by atoms with Crippen molar-refractivity contribution >= 4 is 33.0 Å². The zero-order chi connectivity index (χ0) is 9.14. The second kappa shape index (κ2) is 4.16. The number of hydrogen-bond donors (Lipinski definition) is 1. The molecule has 0 aliphatic rings. The number of carbonyl (C=O) groups is 1. The van der Waals surface area contributed by atoms with Gasteiger partial charge in [0.25, 0.3) is 0 Å². The number of nitrogens with two attached hydrogens (primary N) is 1. The van der Waals surface area contributed by atoms with Gasteiger partial charge in [-0.1, -0.05) is 0 Å². The van der Waals surface area contributed by atoms with Crippen LogP contribution < -0.4 is 5.73 Å². The van der Waals surface area contributed by atoms with Crippen LogP contribution in [0.25, 0.3) is 0 Å². The Hall–Kier alpha value is -0.190. The Labute approximate surface area is 83.9 Å². The molecule has 2 N–H and O–H groups in total. The summed E-state index contributed by atoms with van der Waals surface area (Å²) in [6.45, 7) is 2.40. The SMILES string of the molecule is Cc1cc(Br)c(C(=O)CCN)s1. The second-order valence-electron chi connectivity index (χ2n) is 2.50. The molecule has 2 nitrogen and oxygen atoms in total. The quantitative estimate of drug-likeness (QED) is 0.834. The third-order valence-electron chi connectivity index (χ3n) is 1.43. The van der Waals surface area contributed by atoms with Crippen LogP contribution in [-0.4, -0.2) is 12.3 Å². The van der Waals surface area contributed by atoms with Crippen LogP contribution >= 0.6 is 27.3 Å². The molecule has 12 heavy (non-hydrogen) atoms. The van der Waals surface area contributed by atoms with Crippen molar-refractivity contribution in [3.05, 3.63) is 20.3 Å². The van der Waals surface area contributed by atoms with Crippen molar-refractivity contribution < 1.29 is 4.79 Å².